The van der Waals surface area contributed by atoms with Crippen LogP contribution in [0.2, 0.25) is 0 Å². The van der Waals surface area contributed by atoms with Crippen molar-refractivity contribution in [1.29, 1.82) is 0 Å². The number of hydrogen-bond acceptors (Lipinski definition) is 5. The minimum atomic E-state index is -0.497. The van der Waals surface area contributed by atoms with Crippen LogP contribution in [0.4, 0.5) is 8.78 Å². The summed E-state index contributed by atoms with van der Waals surface area (Å²) in [6.45, 7) is 2.13. The van der Waals surface area contributed by atoms with Gasteiger partial charge in [-0.25, -0.2) is 8.78 Å². The van der Waals surface area contributed by atoms with Crippen LogP contribution in [-0.2, 0) is 11.2 Å². The van der Waals surface area contributed by atoms with Gasteiger partial charge in [0.1, 0.15) is 17.7 Å². The van der Waals surface area contributed by atoms with Crippen LogP contribution < -0.4 is 0 Å². The van der Waals surface area contributed by atoms with E-state index >= 15 is 0 Å². The van der Waals surface area contributed by atoms with Crippen molar-refractivity contribution in [1.82, 2.24) is 15.0 Å². The van der Waals surface area contributed by atoms with Crippen LogP contribution in [0.3, 0.4) is 0 Å². The predicted molar refractivity (Wildman–Crippen MR) is 69.7 cm³/mol. The van der Waals surface area contributed by atoms with Gasteiger partial charge >= 0.3 is 0 Å². The smallest absolute Gasteiger partial charge is 0.231 e. The highest BCUT2D eigenvalue weighted by Gasteiger charge is 2.24. The molecule has 0 aliphatic carbocycles. The summed E-state index contributed by atoms with van der Waals surface area (Å²) in [5, 5.41) is 3.87. The molecule has 0 amide bonds. The molecule has 1 aromatic carbocycles. The van der Waals surface area contributed by atoms with E-state index in [9.17, 15) is 8.78 Å². The van der Waals surface area contributed by atoms with Crippen LogP contribution in [0.1, 0.15) is 23.4 Å². The summed E-state index contributed by atoms with van der Waals surface area (Å²) in [4.78, 5) is 6.32. The zero-order chi connectivity index (χ0) is 14.8. The fraction of sp³-hybridized carbons (Fsp3) is 0.429. The van der Waals surface area contributed by atoms with E-state index in [1.807, 2.05) is 7.05 Å². The highest BCUT2D eigenvalue weighted by Crippen LogP contribution is 2.20. The lowest BCUT2D eigenvalue weighted by molar-refractivity contribution is -0.0264. The lowest BCUT2D eigenvalue weighted by Crippen LogP contribution is -2.35. The molecular weight excluding hydrogens is 280 g/mol. The summed E-state index contributed by atoms with van der Waals surface area (Å²) in [6, 6.07) is 3.29. The monoisotopic (exact) mass is 295 g/mol. The van der Waals surface area contributed by atoms with Gasteiger partial charge in [-0.3, -0.25) is 0 Å². The zero-order valence-electron chi connectivity index (χ0n) is 11.6. The number of hydrogen-bond donors (Lipinski definition) is 0. The van der Waals surface area contributed by atoms with E-state index in [2.05, 4.69) is 15.0 Å². The number of halogens is 2. The topological polar surface area (TPSA) is 51.4 Å². The molecule has 21 heavy (non-hydrogen) atoms. The molecular formula is C14H15F2N3O2. The summed E-state index contributed by atoms with van der Waals surface area (Å²) >= 11 is 0. The Morgan fingerprint density at radius 3 is 3.05 bits per heavy atom. The van der Waals surface area contributed by atoms with Gasteiger partial charge in [-0.1, -0.05) is 5.16 Å². The molecule has 2 heterocycles. The SMILES string of the molecule is CN1CCO[C@@H](c2noc(Cc3cc(F)ccc3F)n2)C1. The molecule has 0 unspecified atom stereocenters. The fourth-order valence-electron chi connectivity index (χ4n) is 2.25. The van der Waals surface area contributed by atoms with Crippen LogP contribution in [-0.4, -0.2) is 41.8 Å². The highest BCUT2D eigenvalue weighted by atomic mass is 19.1. The lowest BCUT2D eigenvalue weighted by atomic mass is 10.1. The number of aromatic nitrogens is 2. The molecule has 1 fully saturated rings. The van der Waals surface area contributed by atoms with Crippen molar-refractivity contribution >= 4 is 0 Å². The maximum atomic E-state index is 13.6. The highest BCUT2D eigenvalue weighted by molar-refractivity contribution is 5.21. The molecule has 7 heteroatoms. The van der Waals surface area contributed by atoms with Crippen molar-refractivity contribution in [3.63, 3.8) is 0 Å². The first kappa shape index (κ1) is 14.1. The molecule has 0 N–H and O–H groups in total. The fourth-order valence-corrected chi connectivity index (χ4v) is 2.25. The third-order valence-electron chi connectivity index (χ3n) is 3.39. The maximum absolute atomic E-state index is 13.6. The molecule has 0 bridgehead atoms. The first-order chi connectivity index (χ1) is 10.1. The van der Waals surface area contributed by atoms with Gasteiger partial charge in [0.2, 0.25) is 11.7 Å². The van der Waals surface area contributed by atoms with Gasteiger partial charge in [0.15, 0.2) is 0 Å². The first-order valence-corrected chi connectivity index (χ1v) is 6.68. The van der Waals surface area contributed by atoms with Crippen molar-refractivity contribution in [3.8, 4) is 0 Å². The molecule has 2 aromatic rings. The molecule has 1 saturated heterocycles. The second kappa shape index (κ2) is 5.87. The van der Waals surface area contributed by atoms with Gasteiger partial charge in [-0.15, -0.1) is 0 Å². The average molecular weight is 295 g/mol. The van der Waals surface area contributed by atoms with E-state index < -0.39 is 11.6 Å². The number of nitrogens with zero attached hydrogens (tertiary/aromatic N) is 3. The second-order valence-corrected chi connectivity index (χ2v) is 5.08. The third kappa shape index (κ3) is 3.25. The number of ether oxygens (including phenoxy) is 1. The zero-order valence-corrected chi connectivity index (χ0v) is 11.6. The van der Waals surface area contributed by atoms with E-state index in [-0.39, 0.29) is 24.0 Å². The van der Waals surface area contributed by atoms with E-state index in [1.54, 1.807) is 0 Å². The number of morpholine rings is 1. The Morgan fingerprint density at radius 2 is 2.24 bits per heavy atom. The van der Waals surface area contributed by atoms with Crippen molar-refractivity contribution in [2.45, 2.75) is 12.5 Å². The molecule has 112 valence electrons. The van der Waals surface area contributed by atoms with Crippen molar-refractivity contribution in [3.05, 3.63) is 47.1 Å². The summed E-state index contributed by atoms with van der Waals surface area (Å²) < 4.78 is 37.4. The summed E-state index contributed by atoms with van der Waals surface area (Å²) in [5.74, 6) is -0.312. The molecule has 0 saturated carbocycles. The second-order valence-electron chi connectivity index (χ2n) is 5.08. The maximum Gasteiger partial charge on any atom is 0.231 e. The minimum Gasteiger partial charge on any atom is -0.367 e. The van der Waals surface area contributed by atoms with E-state index in [0.29, 0.717) is 19.0 Å². The number of likely N-dealkylation sites (N-methyl/N-ethyl adjacent to an activating group) is 1. The Kier molecular flexibility index (Phi) is 3.94. The van der Waals surface area contributed by atoms with Gasteiger partial charge in [-0.2, -0.15) is 4.98 Å². The van der Waals surface area contributed by atoms with E-state index in [1.165, 1.54) is 0 Å². The van der Waals surface area contributed by atoms with Crippen molar-refractivity contribution in [2.75, 3.05) is 26.7 Å². The van der Waals surface area contributed by atoms with Gasteiger partial charge in [-0.05, 0) is 25.2 Å². The predicted octanol–water partition coefficient (Wildman–Crippen LogP) is 1.94. The molecule has 3 rings (SSSR count). The average Bonchev–Trinajstić information content (AvgIpc) is 2.91. The van der Waals surface area contributed by atoms with Crippen molar-refractivity contribution < 1.29 is 18.0 Å². The Labute approximate surface area is 120 Å². The Balaban J connectivity index is 1.74. The summed E-state index contributed by atoms with van der Waals surface area (Å²) in [7, 11) is 1.98. The van der Waals surface area contributed by atoms with Crippen LogP contribution >= 0.6 is 0 Å². The van der Waals surface area contributed by atoms with Gasteiger partial charge in [0, 0.05) is 18.7 Å². The van der Waals surface area contributed by atoms with Crippen LogP contribution in [0, 0.1) is 11.6 Å². The number of benzene rings is 1. The Bertz CT molecular complexity index is 632. The van der Waals surface area contributed by atoms with E-state index in [0.717, 1.165) is 24.7 Å². The van der Waals surface area contributed by atoms with Crippen LogP contribution in [0.15, 0.2) is 22.7 Å². The van der Waals surface area contributed by atoms with Gasteiger partial charge in [0.25, 0.3) is 0 Å². The van der Waals surface area contributed by atoms with Gasteiger partial charge < -0.3 is 14.2 Å². The molecule has 5 nitrogen and oxygen atoms in total. The van der Waals surface area contributed by atoms with E-state index in [4.69, 9.17) is 9.26 Å². The molecule has 0 radical (unpaired) electrons. The normalized spacial score (nSPS) is 19.9. The standard InChI is InChI=1S/C14H15F2N3O2/c1-19-4-5-20-12(8-19)14-17-13(21-18-14)7-9-6-10(15)2-3-11(9)16/h2-3,6,12H,4-5,7-8H2,1H3/t12-/m1/s1. The van der Waals surface area contributed by atoms with Gasteiger partial charge in [0.05, 0.1) is 13.0 Å². The van der Waals surface area contributed by atoms with Crippen LogP contribution in [0.5, 0.6) is 0 Å². The molecule has 0 spiro atoms. The largest absolute Gasteiger partial charge is 0.367 e. The molecule has 1 atom stereocenters. The Morgan fingerprint density at radius 1 is 1.38 bits per heavy atom. The Hall–Kier alpha value is -1.86. The third-order valence-corrected chi connectivity index (χ3v) is 3.39. The molecule has 1 aliphatic heterocycles. The lowest BCUT2D eigenvalue weighted by Gasteiger charge is -2.27. The number of rotatable bonds is 3. The summed E-state index contributed by atoms with van der Waals surface area (Å²) in [6.07, 6.45) is -0.197. The van der Waals surface area contributed by atoms with Crippen molar-refractivity contribution in [2.24, 2.45) is 0 Å². The molecule has 1 aromatic heterocycles. The molecule has 1 aliphatic rings. The quantitative estimate of drug-likeness (QED) is 0.866. The first-order valence-electron chi connectivity index (χ1n) is 6.68. The summed E-state index contributed by atoms with van der Waals surface area (Å²) in [5.41, 5.74) is 0.187. The van der Waals surface area contributed by atoms with Crippen LogP contribution in [0.25, 0.3) is 0 Å². The minimum absolute atomic E-state index is 0.0547.